The third-order valence-electron chi connectivity index (χ3n) is 5.84. The summed E-state index contributed by atoms with van der Waals surface area (Å²) in [7, 11) is 0. The molecular weight excluding hydrogens is 393 g/mol. The second-order valence-electron chi connectivity index (χ2n) is 8.14. The second-order valence-corrected chi connectivity index (χ2v) is 8.14. The summed E-state index contributed by atoms with van der Waals surface area (Å²) in [5, 5.41) is 6.55. The van der Waals surface area contributed by atoms with Crippen molar-refractivity contribution in [2.75, 3.05) is 19.6 Å². The van der Waals surface area contributed by atoms with Gasteiger partial charge in [-0.05, 0) is 43.9 Å². The number of carbonyl (C=O) groups is 1. The van der Waals surface area contributed by atoms with Crippen LogP contribution in [0, 0.1) is 5.92 Å². The topological polar surface area (TPSA) is 56.7 Å². The number of carbonyl (C=O) groups excluding carboxylic acids is 1. The van der Waals surface area contributed by atoms with Crippen molar-refractivity contribution >= 4 is 11.9 Å². The molecule has 1 atom stereocenters. The van der Waals surface area contributed by atoms with Gasteiger partial charge in [-0.3, -0.25) is 4.79 Å². The predicted molar refractivity (Wildman–Crippen MR) is 111 cm³/mol. The number of benzene rings is 1. The smallest absolute Gasteiger partial charge is 0.357 e. The van der Waals surface area contributed by atoms with Crippen LogP contribution in [0.15, 0.2) is 29.3 Å². The summed E-state index contributed by atoms with van der Waals surface area (Å²) < 4.78 is 38.1. The summed E-state index contributed by atoms with van der Waals surface area (Å²) in [4.78, 5) is 19.2. The van der Waals surface area contributed by atoms with Gasteiger partial charge in [-0.25, -0.2) is 4.99 Å². The fraction of sp³-hybridized carbons (Fsp3) is 0.636. The number of hydrogen-bond acceptors (Lipinski definition) is 2. The Morgan fingerprint density at radius 3 is 2.47 bits per heavy atom. The second kappa shape index (κ2) is 10.2. The monoisotopic (exact) mass is 424 g/mol. The van der Waals surface area contributed by atoms with E-state index in [0.29, 0.717) is 24.6 Å². The quantitative estimate of drug-likeness (QED) is 0.556. The van der Waals surface area contributed by atoms with Gasteiger partial charge in [0.2, 0.25) is 5.91 Å². The Morgan fingerprint density at radius 1 is 1.13 bits per heavy atom. The molecule has 0 aromatic heterocycles. The number of rotatable bonds is 5. The van der Waals surface area contributed by atoms with Crippen LogP contribution in [0.4, 0.5) is 13.2 Å². The van der Waals surface area contributed by atoms with E-state index >= 15 is 0 Å². The summed E-state index contributed by atoms with van der Waals surface area (Å²) in [5.41, 5.74) is 0.0506. The molecule has 1 aliphatic carbocycles. The molecule has 1 heterocycles. The molecular formula is C22H31F3N4O. The van der Waals surface area contributed by atoms with Crippen LogP contribution in [0.1, 0.15) is 56.6 Å². The van der Waals surface area contributed by atoms with Crippen molar-refractivity contribution in [3.8, 4) is 0 Å². The van der Waals surface area contributed by atoms with Crippen molar-refractivity contribution in [1.82, 2.24) is 15.5 Å². The maximum Gasteiger partial charge on any atom is 0.416 e. The Morgan fingerprint density at radius 2 is 1.83 bits per heavy atom. The average Bonchev–Trinajstić information content (AvgIpc) is 3.20. The lowest BCUT2D eigenvalue weighted by Gasteiger charge is -2.26. The van der Waals surface area contributed by atoms with Crippen molar-refractivity contribution < 1.29 is 18.0 Å². The molecule has 1 aromatic carbocycles. The lowest BCUT2D eigenvalue weighted by Crippen LogP contribution is -2.45. The van der Waals surface area contributed by atoms with Gasteiger partial charge < -0.3 is 15.5 Å². The Balaban J connectivity index is 1.54. The van der Waals surface area contributed by atoms with Crippen molar-refractivity contribution in [3.05, 3.63) is 35.4 Å². The van der Waals surface area contributed by atoms with E-state index in [-0.39, 0.29) is 24.4 Å². The maximum atomic E-state index is 12.7. The van der Waals surface area contributed by atoms with Crippen LogP contribution >= 0.6 is 0 Å². The van der Waals surface area contributed by atoms with Crippen LogP contribution < -0.4 is 10.6 Å². The molecule has 1 unspecified atom stereocenters. The molecule has 1 saturated carbocycles. The average molecular weight is 425 g/mol. The molecule has 2 fully saturated rings. The molecule has 8 heteroatoms. The first-order chi connectivity index (χ1) is 14.4. The number of hydrogen-bond donors (Lipinski definition) is 2. The zero-order valence-corrected chi connectivity index (χ0v) is 17.5. The predicted octanol–water partition coefficient (Wildman–Crippen LogP) is 3.94. The molecule has 0 spiro atoms. The van der Waals surface area contributed by atoms with Gasteiger partial charge in [0.05, 0.1) is 12.1 Å². The summed E-state index contributed by atoms with van der Waals surface area (Å²) in [6.07, 6.45) is 2.07. The molecule has 1 aliphatic heterocycles. The summed E-state index contributed by atoms with van der Waals surface area (Å²) in [6.45, 7) is 4.34. The number of likely N-dealkylation sites (tertiary alicyclic amines) is 1. The molecule has 0 bridgehead atoms. The van der Waals surface area contributed by atoms with Gasteiger partial charge in [0.15, 0.2) is 5.96 Å². The summed E-state index contributed by atoms with van der Waals surface area (Å²) in [5.74, 6) is 1.08. The molecule has 5 nitrogen and oxygen atoms in total. The maximum absolute atomic E-state index is 12.7. The molecule has 3 rings (SSSR count). The van der Waals surface area contributed by atoms with Crippen LogP contribution in [-0.2, 0) is 17.5 Å². The van der Waals surface area contributed by atoms with Crippen molar-refractivity contribution in [3.63, 3.8) is 0 Å². The zero-order valence-electron chi connectivity index (χ0n) is 17.5. The van der Waals surface area contributed by atoms with Gasteiger partial charge >= 0.3 is 6.18 Å². The molecule has 166 valence electrons. The number of guanidine groups is 1. The summed E-state index contributed by atoms with van der Waals surface area (Å²) >= 11 is 0. The van der Waals surface area contributed by atoms with E-state index in [0.717, 1.165) is 50.8 Å². The Labute approximate surface area is 176 Å². The van der Waals surface area contributed by atoms with Crippen LogP contribution in [0.5, 0.6) is 0 Å². The van der Waals surface area contributed by atoms with E-state index in [9.17, 15) is 18.0 Å². The zero-order chi connectivity index (χ0) is 21.6. The van der Waals surface area contributed by atoms with Gasteiger partial charge in [0.1, 0.15) is 0 Å². The molecule has 1 amide bonds. The fourth-order valence-corrected chi connectivity index (χ4v) is 4.17. The number of amides is 1. The minimum atomic E-state index is -4.33. The molecule has 1 saturated heterocycles. The van der Waals surface area contributed by atoms with Gasteiger partial charge in [-0.1, -0.05) is 31.4 Å². The third-order valence-corrected chi connectivity index (χ3v) is 5.84. The van der Waals surface area contributed by atoms with Crippen molar-refractivity contribution in [2.24, 2.45) is 10.9 Å². The number of alkyl halides is 3. The highest BCUT2D eigenvalue weighted by atomic mass is 19.4. The van der Waals surface area contributed by atoms with Crippen LogP contribution in [0.2, 0.25) is 0 Å². The van der Waals surface area contributed by atoms with Gasteiger partial charge in [-0.15, -0.1) is 0 Å². The van der Waals surface area contributed by atoms with E-state index in [2.05, 4.69) is 15.6 Å². The number of nitrogens with one attached hydrogen (secondary N) is 2. The van der Waals surface area contributed by atoms with E-state index in [1.165, 1.54) is 18.6 Å². The number of nitrogens with zero attached hydrogens (tertiary/aromatic N) is 2. The number of aliphatic imine (C=N–C) groups is 1. The highest BCUT2D eigenvalue weighted by Gasteiger charge is 2.32. The first-order valence-electron chi connectivity index (χ1n) is 10.9. The highest BCUT2D eigenvalue weighted by Crippen LogP contribution is 2.29. The first-order valence-corrected chi connectivity index (χ1v) is 10.9. The lowest BCUT2D eigenvalue weighted by molar-refractivity contribution is -0.137. The van der Waals surface area contributed by atoms with E-state index < -0.39 is 11.7 Å². The van der Waals surface area contributed by atoms with Gasteiger partial charge in [-0.2, -0.15) is 13.2 Å². The molecule has 0 radical (unpaired) electrons. The molecule has 1 aromatic rings. The normalized spacial score (nSPS) is 21.0. The third kappa shape index (κ3) is 6.12. The van der Waals surface area contributed by atoms with E-state index in [1.54, 1.807) is 0 Å². The highest BCUT2D eigenvalue weighted by molar-refractivity contribution is 5.81. The molecule has 2 N–H and O–H groups in total. The molecule has 2 aliphatic rings. The number of halogens is 3. The largest absolute Gasteiger partial charge is 0.416 e. The summed E-state index contributed by atoms with van der Waals surface area (Å²) in [6, 6.07) is 5.20. The molecule has 30 heavy (non-hydrogen) atoms. The lowest BCUT2D eigenvalue weighted by atomic mass is 9.88. The SMILES string of the molecule is CCNC(=NCc1ccc(C(F)(F)F)cc1)NC1CCN(C(=O)C2CCCCC2)C1. The Hall–Kier alpha value is -2.25. The fourth-order valence-electron chi connectivity index (χ4n) is 4.17. The van der Waals surface area contributed by atoms with Gasteiger partial charge in [0, 0.05) is 31.6 Å². The van der Waals surface area contributed by atoms with Crippen LogP contribution in [0.25, 0.3) is 0 Å². The van der Waals surface area contributed by atoms with Gasteiger partial charge in [0.25, 0.3) is 0 Å². The van der Waals surface area contributed by atoms with E-state index in [4.69, 9.17) is 0 Å². The first kappa shape index (κ1) is 22.4. The van der Waals surface area contributed by atoms with Crippen LogP contribution in [-0.4, -0.2) is 42.4 Å². The van der Waals surface area contributed by atoms with E-state index in [1.807, 2.05) is 11.8 Å². The minimum Gasteiger partial charge on any atom is -0.357 e. The minimum absolute atomic E-state index is 0.128. The standard InChI is InChI=1S/C22H31F3N4O/c1-2-26-21(27-14-16-8-10-18(11-9-16)22(23,24)25)28-19-12-13-29(15-19)20(30)17-6-4-3-5-7-17/h8-11,17,19H,2-7,12-15H2,1H3,(H2,26,27,28). The Kier molecular flexibility index (Phi) is 7.61. The van der Waals surface area contributed by atoms with Crippen LogP contribution in [0.3, 0.4) is 0 Å². The van der Waals surface area contributed by atoms with Crippen molar-refractivity contribution in [1.29, 1.82) is 0 Å². The van der Waals surface area contributed by atoms with Crippen molar-refractivity contribution in [2.45, 2.75) is 64.2 Å². The Bertz CT molecular complexity index is 727.